The fourth-order valence-corrected chi connectivity index (χ4v) is 4.59. The van der Waals surface area contributed by atoms with Crippen molar-refractivity contribution in [3.63, 3.8) is 0 Å². The Hall–Kier alpha value is -3.07. The predicted octanol–water partition coefficient (Wildman–Crippen LogP) is 3.49. The second-order valence-electron chi connectivity index (χ2n) is 8.61. The van der Waals surface area contributed by atoms with E-state index in [9.17, 15) is 18.0 Å². The number of carbonyl (C=O) groups excluding carboxylic acids is 2. The number of nitrogens with zero attached hydrogens (tertiary/aromatic N) is 2. The topological polar surface area (TPSA) is 96.0 Å². The van der Waals surface area contributed by atoms with E-state index in [1.165, 1.54) is 4.31 Å². The molecule has 9 heteroatoms. The molecule has 0 saturated carbocycles. The van der Waals surface area contributed by atoms with E-state index in [0.29, 0.717) is 30.9 Å². The molecule has 2 aromatic rings. The van der Waals surface area contributed by atoms with Crippen molar-refractivity contribution in [3.05, 3.63) is 59.7 Å². The summed E-state index contributed by atoms with van der Waals surface area (Å²) in [5, 5.41) is 2.86. The van der Waals surface area contributed by atoms with Crippen LogP contribution in [0.3, 0.4) is 0 Å². The summed E-state index contributed by atoms with van der Waals surface area (Å²) in [5.41, 5.74) is 2.54. The molecule has 0 aliphatic rings. The molecule has 35 heavy (non-hydrogen) atoms. The average molecular weight is 504 g/mol. The highest BCUT2D eigenvalue weighted by atomic mass is 32.2. The fourth-order valence-electron chi connectivity index (χ4n) is 3.62. The normalized spacial score (nSPS) is 12.0. The van der Waals surface area contributed by atoms with Gasteiger partial charge in [-0.05, 0) is 56.5 Å². The second kappa shape index (κ2) is 13.1. The van der Waals surface area contributed by atoms with Crippen molar-refractivity contribution < 1.29 is 22.7 Å². The number of benzene rings is 2. The Morgan fingerprint density at radius 1 is 1.06 bits per heavy atom. The van der Waals surface area contributed by atoms with Crippen molar-refractivity contribution in [1.82, 2.24) is 10.2 Å². The number of hydrogen-bond donors (Lipinski definition) is 1. The van der Waals surface area contributed by atoms with E-state index in [1.807, 2.05) is 38.1 Å². The summed E-state index contributed by atoms with van der Waals surface area (Å²) in [6.07, 6.45) is 2.37. The summed E-state index contributed by atoms with van der Waals surface area (Å²) < 4.78 is 31.2. The Bertz CT molecular complexity index is 1070. The number of ether oxygens (including phenoxy) is 1. The molecule has 8 nitrogen and oxygen atoms in total. The Labute approximate surface area is 209 Å². The molecule has 2 rings (SSSR count). The van der Waals surface area contributed by atoms with E-state index in [1.54, 1.807) is 43.2 Å². The monoisotopic (exact) mass is 503 g/mol. The van der Waals surface area contributed by atoms with Gasteiger partial charge in [0.2, 0.25) is 21.8 Å². The lowest BCUT2D eigenvalue weighted by Gasteiger charge is -2.29. The Balaban J connectivity index is 2.14. The van der Waals surface area contributed by atoms with Crippen molar-refractivity contribution in [3.8, 4) is 5.75 Å². The van der Waals surface area contributed by atoms with Gasteiger partial charge in [-0.15, -0.1) is 0 Å². The van der Waals surface area contributed by atoms with Crippen LogP contribution in [0.2, 0.25) is 0 Å². The van der Waals surface area contributed by atoms with Gasteiger partial charge in [0.1, 0.15) is 11.8 Å². The van der Waals surface area contributed by atoms with Gasteiger partial charge in [-0.1, -0.05) is 36.8 Å². The molecule has 0 radical (unpaired) electrons. The maximum atomic E-state index is 13.2. The number of hydrogen-bond acceptors (Lipinski definition) is 5. The molecule has 0 aromatic heterocycles. The van der Waals surface area contributed by atoms with Crippen molar-refractivity contribution in [1.29, 1.82) is 0 Å². The van der Waals surface area contributed by atoms with Crippen LogP contribution >= 0.6 is 0 Å². The van der Waals surface area contributed by atoms with Crippen molar-refractivity contribution in [2.45, 2.75) is 52.6 Å². The molecule has 0 heterocycles. The molecule has 192 valence electrons. The van der Waals surface area contributed by atoms with Gasteiger partial charge in [0.05, 0.1) is 19.1 Å². The van der Waals surface area contributed by atoms with Gasteiger partial charge in [0.25, 0.3) is 0 Å². The summed E-state index contributed by atoms with van der Waals surface area (Å²) >= 11 is 0. The minimum Gasteiger partial charge on any atom is -0.497 e. The molecule has 2 amide bonds. The molecule has 0 bridgehead atoms. The highest BCUT2D eigenvalue weighted by Gasteiger charge is 2.26. The molecule has 1 atom stereocenters. The number of sulfonamides is 1. The van der Waals surface area contributed by atoms with E-state index in [4.69, 9.17) is 4.74 Å². The Morgan fingerprint density at radius 2 is 1.69 bits per heavy atom. The standard InChI is InChI=1S/C26H37N3O5S/c1-6-17-27-26(31)21(3)28(19-22-11-9-20(2)10-12-22)25(30)8-7-18-29(35(5,32)33)23-13-15-24(34-4)16-14-23/h9-16,21H,6-8,17-19H2,1-5H3,(H,27,31). The maximum absolute atomic E-state index is 13.2. The molecule has 2 aromatic carbocycles. The number of aryl methyl sites for hydroxylation is 1. The first-order valence-corrected chi connectivity index (χ1v) is 13.7. The van der Waals surface area contributed by atoms with Gasteiger partial charge < -0.3 is 15.0 Å². The average Bonchev–Trinajstić information content (AvgIpc) is 2.83. The first kappa shape index (κ1) is 28.2. The van der Waals surface area contributed by atoms with Crippen LogP contribution < -0.4 is 14.4 Å². The van der Waals surface area contributed by atoms with Crippen molar-refractivity contribution in [2.24, 2.45) is 0 Å². The smallest absolute Gasteiger partial charge is 0.242 e. The summed E-state index contributed by atoms with van der Waals surface area (Å²) in [7, 11) is -2.00. The van der Waals surface area contributed by atoms with Crippen LogP contribution in [-0.4, -0.2) is 57.6 Å². The number of amides is 2. The van der Waals surface area contributed by atoms with E-state index in [-0.39, 0.29) is 24.8 Å². The van der Waals surface area contributed by atoms with Gasteiger partial charge in [0, 0.05) is 26.1 Å². The molecule has 0 saturated heterocycles. The molecule has 0 spiro atoms. The molecule has 0 fully saturated rings. The number of carbonyl (C=O) groups is 2. The van der Waals surface area contributed by atoms with Crippen molar-refractivity contribution in [2.75, 3.05) is 30.8 Å². The van der Waals surface area contributed by atoms with Crippen LogP contribution in [0.1, 0.15) is 44.2 Å². The largest absolute Gasteiger partial charge is 0.497 e. The summed E-state index contributed by atoms with van der Waals surface area (Å²) in [6, 6.07) is 13.9. The van der Waals surface area contributed by atoms with Gasteiger partial charge in [-0.3, -0.25) is 13.9 Å². The molecule has 0 aliphatic heterocycles. The van der Waals surface area contributed by atoms with E-state index >= 15 is 0 Å². The van der Waals surface area contributed by atoms with E-state index in [2.05, 4.69) is 5.32 Å². The van der Waals surface area contributed by atoms with Crippen molar-refractivity contribution >= 4 is 27.5 Å². The maximum Gasteiger partial charge on any atom is 0.242 e. The highest BCUT2D eigenvalue weighted by molar-refractivity contribution is 7.92. The second-order valence-corrected chi connectivity index (χ2v) is 10.5. The van der Waals surface area contributed by atoms with E-state index < -0.39 is 16.1 Å². The lowest BCUT2D eigenvalue weighted by atomic mass is 10.1. The van der Waals surface area contributed by atoms with Crippen LogP contribution in [-0.2, 0) is 26.2 Å². The first-order chi connectivity index (χ1) is 16.6. The number of nitrogens with one attached hydrogen (secondary N) is 1. The van der Waals surface area contributed by atoms with Gasteiger partial charge >= 0.3 is 0 Å². The summed E-state index contributed by atoms with van der Waals surface area (Å²) in [6.45, 7) is 6.67. The minimum atomic E-state index is -3.54. The third-order valence-corrected chi connectivity index (χ3v) is 6.90. The summed E-state index contributed by atoms with van der Waals surface area (Å²) in [4.78, 5) is 27.5. The van der Waals surface area contributed by atoms with Crippen LogP contribution in [0.5, 0.6) is 5.75 Å². The quantitative estimate of drug-likeness (QED) is 0.451. The zero-order valence-corrected chi connectivity index (χ0v) is 22.1. The predicted molar refractivity (Wildman–Crippen MR) is 139 cm³/mol. The van der Waals surface area contributed by atoms with Gasteiger partial charge in [-0.2, -0.15) is 0 Å². The fraction of sp³-hybridized carbons (Fsp3) is 0.462. The molecular weight excluding hydrogens is 466 g/mol. The van der Waals surface area contributed by atoms with Gasteiger partial charge in [0.15, 0.2) is 0 Å². The van der Waals surface area contributed by atoms with Crippen LogP contribution in [0.25, 0.3) is 0 Å². The SMILES string of the molecule is CCCNC(=O)C(C)N(Cc1ccc(C)cc1)C(=O)CCCN(c1ccc(OC)cc1)S(C)(=O)=O. The number of methoxy groups -OCH3 is 1. The van der Waals surface area contributed by atoms with E-state index in [0.717, 1.165) is 23.8 Å². The van der Waals surface area contributed by atoms with Crippen LogP contribution in [0.4, 0.5) is 5.69 Å². The minimum absolute atomic E-state index is 0.111. The molecule has 1 unspecified atom stereocenters. The van der Waals surface area contributed by atoms with Gasteiger partial charge in [-0.25, -0.2) is 8.42 Å². The van der Waals surface area contributed by atoms with Crippen LogP contribution in [0, 0.1) is 6.92 Å². The third kappa shape index (κ3) is 8.58. The Kier molecular flexibility index (Phi) is 10.6. The molecule has 0 aliphatic carbocycles. The number of anilines is 1. The molecular formula is C26H37N3O5S. The zero-order chi connectivity index (χ0) is 26.0. The first-order valence-electron chi connectivity index (χ1n) is 11.8. The Morgan fingerprint density at radius 3 is 2.23 bits per heavy atom. The zero-order valence-electron chi connectivity index (χ0n) is 21.3. The third-order valence-electron chi connectivity index (χ3n) is 5.70. The van der Waals surface area contributed by atoms with Crippen LogP contribution in [0.15, 0.2) is 48.5 Å². The lowest BCUT2D eigenvalue weighted by Crippen LogP contribution is -2.47. The molecule has 1 N–H and O–H groups in total. The lowest BCUT2D eigenvalue weighted by molar-refractivity contribution is -0.140. The number of rotatable bonds is 13. The highest BCUT2D eigenvalue weighted by Crippen LogP contribution is 2.22. The summed E-state index contributed by atoms with van der Waals surface area (Å²) in [5.74, 6) is 0.218.